The van der Waals surface area contributed by atoms with E-state index < -0.39 is 0 Å². The van der Waals surface area contributed by atoms with Crippen molar-refractivity contribution in [3.05, 3.63) is 59.4 Å². The second-order valence-corrected chi connectivity index (χ2v) is 7.51. The fourth-order valence-corrected chi connectivity index (χ4v) is 3.62. The molecule has 1 aliphatic heterocycles. The average molecular weight is 390 g/mol. The molecule has 1 N–H and O–H groups in total. The molecule has 2 aromatic carbocycles. The lowest BCUT2D eigenvalue weighted by molar-refractivity contribution is -0.118. The predicted molar refractivity (Wildman–Crippen MR) is 113 cm³/mol. The molecule has 150 valence electrons. The summed E-state index contributed by atoms with van der Waals surface area (Å²) in [5.41, 5.74) is 3.94. The molecular formula is C23H26N4O2. The SMILES string of the molecule is Cc1cccc(OCC(=O)Nc2ccc(-c3nnc4n3CCCCC4)cc2)c1C. The molecule has 0 radical (unpaired) electrons. The predicted octanol–water partition coefficient (Wildman–Crippen LogP) is 4.31. The Kier molecular flexibility index (Phi) is 5.60. The van der Waals surface area contributed by atoms with Gasteiger partial charge in [0.1, 0.15) is 11.6 Å². The van der Waals surface area contributed by atoms with Crippen LogP contribution in [0.5, 0.6) is 5.75 Å². The molecular weight excluding hydrogens is 364 g/mol. The number of benzene rings is 2. The van der Waals surface area contributed by atoms with Gasteiger partial charge in [0.2, 0.25) is 0 Å². The first-order chi connectivity index (χ1) is 14.1. The monoisotopic (exact) mass is 390 g/mol. The summed E-state index contributed by atoms with van der Waals surface area (Å²) >= 11 is 0. The molecule has 0 saturated heterocycles. The Balaban J connectivity index is 1.39. The molecule has 1 aromatic heterocycles. The van der Waals surface area contributed by atoms with Gasteiger partial charge in [-0.05, 0) is 68.1 Å². The summed E-state index contributed by atoms with van der Waals surface area (Å²) in [5, 5.41) is 11.6. The zero-order valence-electron chi connectivity index (χ0n) is 16.9. The Bertz CT molecular complexity index is 1010. The molecule has 2 heterocycles. The first-order valence-electron chi connectivity index (χ1n) is 10.1. The van der Waals surface area contributed by atoms with Crippen molar-refractivity contribution in [2.45, 2.75) is 46.1 Å². The highest BCUT2D eigenvalue weighted by Crippen LogP contribution is 2.24. The van der Waals surface area contributed by atoms with E-state index in [9.17, 15) is 4.79 Å². The molecule has 0 unspecified atom stereocenters. The van der Waals surface area contributed by atoms with Crippen molar-refractivity contribution in [2.75, 3.05) is 11.9 Å². The summed E-state index contributed by atoms with van der Waals surface area (Å²) in [4.78, 5) is 12.3. The van der Waals surface area contributed by atoms with Crippen LogP contribution in [0.1, 0.15) is 36.2 Å². The number of rotatable bonds is 5. The van der Waals surface area contributed by atoms with Gasteiger partial charge in [-0.15, -0.1) is 10.2 Å². The van der Waals surface area contributed by atoms with Crippen LogP contribution >= 0.6 is 0 Å². The number of ether oxygens (including phenoxy) is 1. The van der Waals surface area contributed by atoms with Crippen molar-refractivity contribution in [1.29, 1.82) is 0 Å². The van der Waals surface area contributed by atoms with Crippen LogP contribution in [-0.4, -0.2) is 27.3 Å². The summed E-state index contributed by atoms with van der Waals surface area (Å²) in [7, 11) is 0. The fourth-order valence-electron chi connectivity index (χ4n) is 3.62. The number of aromatic nitrogens is 3. The number of nitrogens with zero attached hydrogens (tertiary/aromatic N) is 3. The highest BCUT2D eigenvalue weighted by atomic mass is 16.5. The zero-order chi connectivity index (χ0) is 20.2. The minimum atomic E-state index is -0.185. The third-order valence-corrected chi connectivity index (χ3v) is 5.45. The van der Waals surface area contributed by atoms with Gasteiger partial charge >= 0.3 is 0 Å². The minimum absolute atomic E-state index is 0.0241. The van der Waals surface area contributed by atoms with E-state index in [2.05, 4.69) is 20.1 Å². The molecule has 0 spiro atoms. The van der Waals surface area contributed by atoms with Gasteiger partial charge in [0.05, 0.1) is 0 Å². The molecule has 3 aromatic rings. The summed E-state index contributed by atoms with van der Waals surface area (Å²) in [6, 6.07) is 13.6. The van der Waals surface area contributed by atoms with E-state index in [1.807, 2.05) is 56.3 Å². The number of fused-ring (bicyclic) bond motifs is 1. The standard InChI is InChI=1S/C23H26N4O2/c1-16-7-6-8-20(17(16)2)29-15-22(28)24-19-12-10-18(11-13-19)23-26-25-21-9-4-3-5-14-27(21)23/h6-8,10-13H,3-5,9,14-15H2,1-2H3,(H,24,28). The maximum atomic E-state index is 12.3. The van der Waals surface area contributed by atoms with Crippen LogP contribution in [0.4, 0.5) is 5.69 Å². The molecule has 1 amide bonds. The zero-order valence-corrected chi connectivity index (χ0v) is 16.9. The topological polar surface area (TPSA) is 69.0 Å². The Morgan fingerprint density at radius 3 is 2.72 bits per heavy atom. The van der Waals surface area contributed by atoms with Crippen molar-refractivity contribution in [1.82, 2.24) is 14.8 Å². The highest BCUT2D eigenvalue weighted by Gasteiger charge is 2.16. The van der Waals surface area contributed by atoms with Crippen LogP contribution in [0.2, 0.25) is 0 Å². The molecule has 0 atom stereocenters. The molecule has 4 rings (SSSR count). The number of hydrogen-bond donors (Lipinski definition) is 1. The minimum Gasteiger partial charge on any atom is -0.483 e. The fraction of sp³-hybridized carbons (Fsp3) is 0.348. The van der Waals surface area contributed by atoms with Gasteiger partial charge in [0, 0.05) is 24.2 Å². The Morgan fingerprint density at radius 2 is 1.90 bits per heavy atom. The lowest BCUT2D eigenvalue weighted by Gasteiger charge is -2.11. The van der Waals surface area contributed by atoms with Crippen molar-refractivity contribution in [2.24, 2.45) is 0 Å². The van der Waals surface area contributed by atoms with Crippen molar-refractivity contribution in [3.8, 4) is 17.1 Å². The van der Waals surface area contributed by atoms with E-state index >= 15 is 0 Å². The number of anilines is 1. The second-order valence-electron chi connectivity index (χ2n) is 7.51. The smallest absolute Gasteiger partial charge is 0.262 e. The molecule has 29 heavy (non-hydrogen) atoms. The second kappa shape index (κ2) is 8.47. The van der Waals surface area contributed by atoms with Crippen molar-refractivity contribution >= 4 is 11.6 Å². The van der Waals surface area contributed by atoms with Gasteiger partial charge < -0.3 is 14.6 Å². The largest absolute Gasteiger partial charge is 0.483 e. The molecule has 1 aliphatic rings. The average Bonchev–Trinajstić information content (AvgIpc) is 2.98. The summed E-state index contributed by atoms with van der Waals surface area (Å²) in [6.45, 7) is 4.96. The first kappa shape index (κ1) is 19.2. The van der Waals surface area contributed by atoms with Crippen LogP contribution in [0.3, 0.4) is 0 Å². The number of amides is 1. The molecule has 0 aliphatic carbocycles. The van der Waals surface area contributed by atoms with E-state index in [4.69, 9.17) is 4.74 Å². The molecule has 0 fully saturated rings. The third-order valence-electron chi connectivity index (χ3n) is 5.45. The molecule has 6 nitrogen and oxygen atoms in total. The van der Waals surface area contributed by atoms with Crippen molar-refractivity contribution < 1.29 is 9.53 Å². The number of hydrogen-bond acceptors (Lipinski definition) is 4. The van der Waals surface area contributed by atoms with Crippen LogP contribution in [0, 0.1) is 13.8 Å². The van der Waals surface area contributed by atoms with Crippen molar-refractivity contribution in [3.63, 3.8) is 0 Å². The number of aryl methyl sites for hydroxylation is 2. The number of carbonyl (C=O) groups is 1. The Morgan fingerprint density at radius 1 is 1.07 bits per heavy atom. The highest BCUT2D eigenvalue weighted by molar-refractivity contribution is 5.92. The van der Waals surface area contributed by atoms with Gasteiger partial charge in [-0.3, -0.25) is 4.79 Å². The van der Waals surface area contributed by atoms with E-state index in [1.165, 1.54) is 12.8 Å². The van der Waals surface area contributed by atoms with Crippen LogP contribution in [0.25, 0.3) is 11.4 Å². The van der Waals surface area contributed by atoms with E-state index in [0.29, 0.717) is 0 Å². The summed E-state index contributed by atoms with van der Waals surface area (Å²) in [6.07, 6.45) is 4.55. The Labute approximate surface area is 170 Å². The lowest BCUT2D eigenvalue weighted by Crippen LogP contribution is -2.20. The Hall–Kier alpha value is -3.15. The van der Waals surface area contributed by atoms with Crippen LogP contribution in [-0.2, 0) is 17.8 Å². The quantitative estimate of drug-likeness (QED) is 0.705. The number of nitrogens with one attached hydrogen (secondary N) is 1. The van der Waals surface area contributed by atoms with E-state index in [-0.39, 0.29) is 12.5 Å². The van der Waals surface area contributed by atoms with Gasteiger partial charge in [-0.2, -0.15) is 0 Å². The van der Waals surface area contributed by atoms with Gasteiger partial charge in [-0.1, -0.05) is 18.6 Å². The lowest BCUT2D eigenvalue weighted by atomic mass is 10.1. The van der Waals surface area contributed by atoms with Crippen LogP contribution in [0.15, 0.2) is 42.5 Å². The first-order valence-corrected chi connectivity index (χ1v) is 10.1. The molecule has 0 saturated carbocycles. The third kappa shape index (κ3) is 4.31. The summed E-state index contributed by atoms with van der Waals surface area (Å²) < 4.78 is 7.90. The molecule has 0 bridgehead atoms. The van der Waals surface area contributed by atoms with E-state index in [0.717, 1.165) is 59.2 Å². The normalized spacial score (nSPS) is 13.4. The maximum Gasteiger partial charge on any atom is 0.262 e. The maximum absolute atomic E-state index is 12.3. The van der Waals surface area contributed by atoms with E-state index in [1.54, 1.807) is 0 Å². The van der Waals surface area contributed by atoms with Gasteiger partial charge in [0.25, 0.3) is 5.91 Å². The summed E-state index contributed by atoms with van der Waals surface area (Å²) in [5.74, 6) is 2.52. The van der Waals surface area contributed by atoms with Crippen LogP contribution < -0.4 is 10.1 Å². The number of carbonyl (C=O) groups excluding carboxylic acids is 1. The van der Waals surface area contributed by atoms with Gasteiger partial charge in [0.15, 0.2) is 12.4 Å². The molecule has 6 heteroatoms. The van der Waals surface area contributed by atoms with Gasteiger partial charge in [-0.25, -0.2) is 0 Å².